The van der Waals surface area contributed by atoms with Gasteiger partial charge in [-0.05, 0) is 71.8 Å². The summed E-state index contributed by atoms with van der Waals surface area (Å²) in [7, 11) is 0. The van der Waals surface area contributed by atoms with E-state index in [2.05, 4.69) is 142 Å². The molecule has 4 heteroatoms. The minimum Gasteiger partial charge on any atom is -0.309 e. The van der Waals surface area contributed by atoms with Crippen LogP contribution < -0.4 is 0 Å². The Morgan fingerprint density at radius 2 is 1.02 bits per heavy atom. The molecule has 0 N–H and O–H groups in total. The molecule has 0 spiro atoms. The Hall–Kier alpha value is -5.74. The fourth-order valence-electron chi connectivity index (χ4n) is 6.57. The molecule has 0 radical (unpaired) electrons. The fraction of sp³-hybridized carbons (Fsp3) is 0. The van der Waals surface area contributed by atoms with Crippen molar-refractivity contribution in [2.75, 3.05) is 0 Å². The summed E-state index contributed by atoms with van der Waals surface area (Å²) in [5, 5.41) is 5.92. The van der Waals surface area contributed by atoms with Crippen LogP contribution in [-0.4, -0.2) is 19.1 Å². The van der Waals surface area contributed by atoms with Crippen LogP contribution in [0.4, 0.5) is 0 Å². The van der Waals surface area contributed by atoms with E-state index in [4.69, 9.17) is 4.98 Å². The molecule has 0 aliphatic rings. The van der Waals surface area contributed by atoms with E-state index in [9.17, 15) is 0 Å². The second kappa shape index (κ2) is 8.88. The van der Waals surface area contributed by atoms with E-state index >= 15 is 0 Å². The molecular weight excluding hydrogens is 512 g/mol. The number of fused-ring (bicyclic) bond motifs is 8. The van der Waals surface area contributed by atoms with Crippen molar-refractivity contribution in [3.8, 4) is 22.5 Å². The molecule has 5 aromatic carbocycles. The van der Waals surface area contributed by atoms with E-state index in [1.807, 2.05) is 18.6 Å². The third kappa shape index (κ3) is 3.29. The van der Waals surface area contributed by atoms with E-state index in [0.29, 0.717) is 0 Å². The number of pyridine rings is 2. The van der Waals surface area contributed by atoms with E-state index < -0.39 is 0 Å². The summed E-state index contributed by atoms with van der Waals surface area (Å²) in [6.07, 6.45) is 5.69. The van der Waals surface area contributed by atoms with Gasteiger partial charge in [-0.3, -0.25) is 9.97 Å². The van der Waals surface area contributed by atoms with E-state index in [-0.39, 0.29) is 0 Å². The lowest BCUT2D eigenvalue weighted by Crippen LogP contribution is -1.94. The van der Waals surface area contributed by atoms with Crippen LogP contribution in [0.25, 0.3) is 77.0 Å². The highest BCUT2D eigenvalue weighted by molar-refractivity contribution is 6.18. The van der Waals surface area contributed by atoms with E-state index in [0.717, 1.165) is 33.0 Å². The zero-order valence-electron chi connectivity index (χ0n) is 22.6. The monoisotopic (exact) mass is 536 g/mol. The van der Waals surface area contributed by atoms with Crippen molar-refractivity contribution in [1.29, 1.82) is 0 Å². The maximum absolute atomic E-state index is 4.80. The van der Waals surface area contributed by atoms with Gasteiger partial charge in [-0.1, -0.05) is 66.7 Å². The van der Waals surface area contributed by atoms with Crippen LogP contribution in [0.5, 0.6) is 0 Å². The largest absolute Gasteiger partial charge is 0.309 e. The van der Waals surface area contributed by atoms with Crippen molar-refractivity contribution in [2.45, 2.75) is 0 Å². The lowest BCUT2D eigenvalue weighted by molar-refractivity contribution is 1.18. The summed E-state index contributed by atoms with van der Waals surface area (Å²) in [4.78, 5) is 9.12. The first-order valence-corrected chi connectivity index (χ1v) is 14.2. The van der Waals surface area contributed by atoms with Gasteiger partial charge >= 0.3 is 0 Å². The number of para-hydroxylation sites is 3. The second-order valence-corrected chi connectivity index (χ2v) is 10.7. The predicted octanol–water partition coefficient (Wildman–Crippen LogP) is 9.49. The highest BCUT2D eigenvalue weighted by atomic mass is 15.0. The third-order valence-electron chi connectivity index (χ3n) is 8.43. The molecule has 4 aromatic heterocycles. The Morgan fingerprint density at radius 1 is 0.429 bits per heavy atom. The third-order valence-corrected chi connectivity index (χ3v) is 8.43. The highest BCUT2D eigenvalue weighted by Crippen LogP contribution is 2.39. The Balaban J connectivity index is 1.31. The molecule has 4 nitrogen and oxygen atoms in total. The molecule has 0 saturated carbocycles. The van der Waals surface area contributed by atoms with Gasteiger partial charge in [0.05, 0.1) is 33.8 Å². The van der Waals surface area contributed by atoms with Gasteiger partial charge in [0.15, 0.2) is 0 Å². The molecule has 0 unspecified atom stereocenters. The Labute approximate surface area is 241 Å². The number of rotatable bonds is 3. The second-order valence-electron chi connectivity index (χ2n) is 10.7. The van der Waals surface area contributed by atoms with Crippen LogP contribution in [0.3, 0.4) is 0 Å². The number of nitrogens with zero attached hydrogens (tertiary/aromatic N) is 4. The SMILES string of the molecule is c1ccc(-n2c3ccccc3c3cc(-c4ccc5c(c4)c4cnc6cnccc6c4n5-c4ccccc4)ccc32)cc1. The molecule has 4 heterocycles. The maximum Gasteiger partial charge on any atom is 0.0906 e. The molecule has 196 valence electrons. The summed E-state index contributed by atoms with van der Waals surface area (Å²) in [5.41, 5.74) is 10.3. The lowest BCUT2D eigenvalue weighted by Gasteiger charge is -2.10. The van der Waals surface area contributed by atoms with Crippen molar-refractivity contribution in [3.63, 3.8) is 0 Å². The average Bonchev–Trinajstić information content (AvgIpc) is 3.58. The van der Waals surface area contributed by atoms with Gasteiger partial charge in [0.25, 0.3) is 0 Å². The first kappa shape index (κ1) is 23.0. The lowest BCUT2D eigenvalue weighted by atomic mass is 10.0. The summed E-state index contributed by atoms with van der Waals surface area (Å²) < 4.78 is 4.71. The Bertz CT molecular complexity index is 2450. The quantitative estimate of drug-likeness (QED) is 0.225. The van der Waals surface area contributed by atoms with Gasteiger partial charge in [-0.15, -0.1) is 0 Å². The molecule has 0 bridgehead atoms. The Kier molecular flexibility index (Phi) is 4.87. The molecule has 0 aliphatic carbocycles. The molecule has 42 heavy (non-hydrogen) atoms. The fourth-order valence-corrected chi connectivity index (χ4v) is 6.57. The van der Waals surface area contributed by atoms with Gasteiger partial charge in [-0.25, -0.2) is 0 Å². The van der Waals surface area contributed by atoms with Crippen molar-refractivity contribution in [2.24, 2.45) is 0 Å². The summed E-state index contributed by atoms with van der Waals surface area (Å²) in [5.74, 6) is 0. The van der Waals surface area contributed by atoms with Gasteiger partial charge < -0.3 is 9.13 Å². The Morgan fingerprint density at radius 3 is 1.76 bits per heavy atom. The number of hydrogen-bond acceptors (Lipinski definition) is 2. The normalized spacial score (nSPS) is 11.8. The predicted molar refractivity (Wildman–Crippen MR) is 174 cm³/mol. The molecule has 0 fully saturated rings. The van der Waals surface area contributed by atoms with Crippen LogP contribution >= 0.6 is 0 Å². The topological polar surface area (TPSA) is 35.6 Å². The smallest absolute Gasteiger partial charge is 0.0906 e. The minimum absolute atomic E-state index is 0.894. The van der Waals surface area contributed by atoms with Crippen molar-refractivity contribution in [1.82, 2.24) is 19.1 Å². The number of aromatic nitrogens is 4. The summed E-state index contributed by atoms with van der Waals surface area (Å²) in [6.45, 7) is 0. The standard InChI is InChI=1S/C38H24N4/c1-3-9-27(10-4-1)41-35-14-8-7-13-29(35)31-21-25(15-17-36(31)41)26-16-18-37-32(22-26)33-23-40-34-24-39-20-19-30(34)38(33)42(37)28-11-5-2-6-12-28/h1-24H. The zero-order valence-corrected chi connectivity index (χ0v) is 22.6. The van der Waals surface area contributed by atoms with Gasteiger partial charge in [0.2, 0.25) is 0 Å². The first-order valence-electron chi connectivity index (χ1n) is 14.2. The molecule has 0 aliphatic heterocycles. The number of benzene rings is 5. The molecule has 9 rings (SSSR count). The zero-order chi connectivity index (χ0) is 27.6. The molecule has 9 aromatic rings. The van der Waals surface area contributed by atoms with Gasteiger partial charge in [0, 0.05) is 50.7 Å². The summed E-state index contributed by atoms with van der Waals surface area (Å²) >= 11 is 0. The molecule has 0 saturated heterocycles. The highest BCUT2D eigenvalue weighted by Gasteiger charge is 2.17. The van der Waals surface area contributed by atoms with E-state index in [1.165, 1.54) is 44.0 Å². The van der Waals surface area contributed by atoms with Crippen LogP contribution in [0.15, 0.2) is 146 Å². The first-order chi connectivity index (χ1) is 20.8. The molecular formula is C38H24N4. The molecule has 0 atom stereocenters. The molecule has 0 amide bonds. The van der Waals surface area contributed by atoms with Crippen molar-refractivity contribution < 1.29 is 0 Å². The average molecular weight is 537 g/mol. The van der Waals surface area contributed by atoms with Gasteiger partial charge in [0.1, 0.15) is 0 Å². The van der Waals surface area contributed by atoms with Crippen LogP contribution in [0.2, 0.25) is 0 Å². The van der Waals surface area contributed by atoms with E-state index in [1.54, 1.807) is 0 Å². The number of hydrogen-bond donors (Lipinski definition) is 0. The van der Waals surface area contributed by atoms with Crippen LogP contribution in [-0.2, 0) is 0 Å². The summed E-state index contributed by atoms with van der Waals surface area (Å²) in [6, 6.07) is 45.6. The van der Waals surface area contributed by atoms with Crippen molar-refractivity contribution >= 4 is 54.5 Å². The van der Waals surface area contributed by atoms with Crippen molar-refractivity contribution in [3.05, 3.63) is 146 Å². The minimum atomic E-state index is 0.894. The van der Waals surface area contributed by atoms with Crippen LogP contribution in [0, 0.1) is 0 Å². The maximum atomic E-state index is 4.80. The van der Waals surface area contributed by atoms with Crippen LogP contribution in [0.1, 0.15) is 0 Å². The van der Waals surface area contributed by atoms with Gasteiger partial charge in [-0.2, -0.15) is 0 Å².